The Bertz CT molecular complexity index is 981. The summed E-state index contributed by atoms with van der Waals surface area (Å²) in [6, 6.07) is 6.34. The Morgan fingerprint density at radius 1 is 1.00 bits per heavy atom. The van der Waals surface area contributed by atoms with Crippen LogP contribution in [-0.2, 0) is 0 Å². The van der Waals surface area contributed by atoms with Gasteiger partial charge in [0.2, 0.25) is 5.52 Å². The van der Waals surface area contributed by atoms with Crippen LogP contribution in [0.1, 0.15) is 11.1 Å². The molecule has 10 nitrogen and oxygen atoms in total. The van der Waals surface area contributed by atoms with Gasteiger partial charge in [-0.1, -0.05) is 17.7 Å². The van der Waals surface area contributed by atoms with Gasteiger partial charge in [0, 0.05) is 5.69 Å². The number of nitrogens with zero attached hydrogens (tertiary/aromatic N) is 4. The number of anilines is 2. The minimum Gasteiger partial charge on any atom is -0.348 e. The molecule has 0 aliphatic carbocycles. The van der Waals surface area contributed by atoms with Gasteiger partial charge in [-0.25, -0.2) is 4.63 Å². The second kappa shape index (κ2) is 5.57. The maximum absolute atomic E-state index is 11.4. The lowest BCUT2D eigenvalue weighted by Gasteiger charge is -2.10. The number of non-ortho nitro benzene ring substituents is 1. The third-order valence-electron chi connectivity index (χ3n) is 3.53. The molecule has 0 aliphatic rings. The molecule has 0 saturated carbocycles. The summed E-state index contributed by atoms with van der Waals surface area (Å²) in [5.41, 5.74) is 1.25. The number of aryl methyl sites for hydroxylation is 2. The first kappa shape index (κ1) is 15.3. The lowest BCUT2D eigenvalue weighted by molar-refractivity contribution is -0.392. The highest BCUT2D eigenvalue weighted by atomic mass is 16.6. The fraction of sp³-hybridized carbons (Fsp3) is 0.143. The van der Waals surface area contributed by atoms with Crippen molar-refractivity contribution in [2.75, 3.05) is 5.32 Å². The summed E-state index contributed by atoms with van der Waals surface area (Å²) in [7, 11) is 0. The molecule has 0 amide bonds. The fourth-order valence-corrected chi connectivity index (χ4v) is 2.41. The summed E-state index contributed by atoms with van der Waals surface area (Å²) in [4.78, 5) is 21.0. The molecule has 0 atom stereocenters. The van der Waals surface area contributed by atoms with E-state index in [1.165, 1.54) is 0 Å². The van der Waals surface area contributed by atoms with Crippen LogP contribution in [0.15, 0.2) is 28.9 Å². The van der Waals surface area contributed by atoms with Crippen molar-refractivity contribution in [1.82, 2.24) is 10.3 Å². The third kappa shape index (κ3) is 2.49. The number of aromatic nitrogens is 2. The van der Waals surface area contributed by atoms with Crippen LogP contribution in [0, 0.1) is 34.1 Å². The molecule has 0 aliphatic heterocycles. The van der Waals surface area contributed by atoms with Gasteiger partial charge in [-0.3, -0.25) is 20.2 Å². The molecule has 10 heteroatoms. The molecule has 122 valence electrons. The molecule has 0 spiro atoms. The quantitative estimate of drug-likeness (QED) is 0.567. The monoisotopic (exact) mass is 329 g/mol. The van der Waals surface area contributed by atoms with Crippen LogP contribution in [0.5, 0.6) is 0 Å². The van der Waals surface area contributed by atoms with Crippen molar-refractivity contribution >= 4 is 33.8 Å². The van der Waals surface area contributed by atoms with Gasteiger partial charge < -0.3 is 5.32 Å². The zero-order valence-electron chi connectivity index (χ0n) is 12.6. The Morgan fingerprint density at radius 3 is 2.29 bits per heavy atom. The lowest BCUT2D eigenvalue weighted by atomic mass is 10.1. The molecule has 3 aromatic rings. The van der Waals surface area contributed by atoms with Crippen molar-refractivity contribution in [1.29, 1.82) is 0 Å². The van der Waals surface area contributed by atoms with E-state index in [0.717, 1.165) is 17.2 Å². The maximum Gasteiger partial charge on any atom is 0.307 e. The number of nitro benzene ring substituents is 2. The Kier molecular flexibility index (Phi) is 3.56. The molecule has 24 heavy (non-hydrogen) atoms. The number of benzene rings is 2. The largest absolute Gasteiger partial charge is 0.348 e. The van der Waals surface area contributed by atoms with Crippen molar-refractivity contribution in [2.45, 2.75) is 13.8 Å². The molecule has 3 rings (SSSR count). The zero-order valence-corrected chi connectivity index (χ0v) is 12.6. The summed E-state index contributed by atoms with van der Waals surface area (Å²) in [6.45, 7) is 3.76. The van der Waals surface area contributed by atoms with Crippen LogP contribution < -0.4 is 5.32 Å². The van der Waals surface area contributed by atoms with Gasteiger partial charge in [-0.2, -0.15) is 0 Å². The molecular weight excluding hydrogens is 318 g/mol. The van der Waals surface area contributed by atoms with E-state index in [-0.39, 0.29) is 16.7 Å². The highest BCUT2D eigenvalue weighted by molar-refractivity contribution is 6.00. The van der Waals surface area contributed by atoms with Crippen LogP contribution >= 0.6 is 0 Å². The molecule has 1 N–H and O–H groups in total. The molecule has 0 unspecified atom stereocenters. The topological polar surface area (TPSA) is 137 Å². The second-order valence-corrected chi connectivity index (χ2v) is 5.21. The summed E-state index contributed by atoms with van der Waals surface area (Å²) in [5, 5.41) is 32.5. The van der Waals surface area contributed by atoms with Crippen molar-refractivity contribution in [2.24, 2.45) is 0 Å². The van der Waals surface area contributed by atoms with Crippen molar-refractivity contribution in [3.8, 4) is 0 Å². The Hall–Kier alpha value is -3.56. The van der Waals surface area contributed by atoms with E-state index < -0.39 is 21.2 Å². The number of rotatable bonds is 4. The molecule has 1 aromatic heterocycles. The molecule has 0 fully saturated rings. The number of nitrogens with one attached hydrogen (secondary N) is 1. The lowest BCUT2D eigenvalue weighted by Crippen LogP contribution is -2.02. The first-order chi connectivity index (χ1) is 11.4. The summed E-state index contributed by atoms with van der Waals surface area (Å²) in [6.07, 6.45) is 0. The minimum atomic E-state index is -0.763. The first-order valence-electron chi connectivity index (χ1n) is 6.81. The molecule has 1 heterocycles. The van der Waals surface area contributed by atoms with Gasteiger partial charge in [-0.05, 0) is 35.8 Å². The number of hydrogen-bond acceptors (Lipinski definition) is 8. The first-order valence-corrected chi connectivity index (χ1v) is 6.81. The van der Waals surface area contributed by atoms with Gasteiger partial charge in [0.05, 0.1) is 15.9 Å². The average Bonchev–Trinajstić information content (AvgIpc) is 2.98. The van der Waals surface area contributed by atoms with E-state index in [4.69, 9.17) is 0 Å². The van der Waals surface area contributed by atoms with E-state index in [2.05, 4.69) is 20.3 Å². The smallest absolute Gasteiger partial charge is 0.307 e. The predicted molar refractivity (Wildman–Crippen MR) is 84.3 cm³/mol. The second-order valence-electron chi connectivity index (χ2n) is 5.21. The number of nitro groups is 2. The standard InChI is InChI=1S/C14H11N5O5/c1-7-3-4-9(8(2)5-7)15-12-10(18(20)21)6-11(19(22)23)13-14(12)17-24-16-13/h3-6,15H,1-2H3. The summed E-state index contributed by atoms with van der Waals surface area (Å²) in [5.74, 6) is 0. The van der Waals surface area contributed by atoms with Crippen LogP contribution in [0.2, 0.25) is 0 Å². The number of fused-ring (bicyclic) bond motifs is 1. The maximum atomic E-state index is 11.4. The molecule has 0 saturated heterocycles. The molecule has 2 aromatic carbocycles. The third-order valence-corrected chi connectivity index (χ3v) is 3.53. The Balaban J connectivity index is 2.24. The summed E-state index contributed by atoms with van der Waals surface area (Å²) >= 11 is 0. The summed E-state index contributed by atoms with van der Waals surface area (Å²) < 4.78 is 4.55. The highest BCUT2D eigenvalue weighted by Crippen LogP contribution is 2.39. The van der Waals surface area contributed by atoms with Crippen molar-refractivity contribution in [3.05, 3.63) is 55.6 Å². The fourth-order valence-electron chi connectivity index (χ4n) is 2.41. The van der Waals surface area contributed by atoms with Crippen LogP contribution in [0.3, 0.4) is 0 Å². The SMILES string of the molecule is Cc1ccc(Nc2c([N+](=O)[O-])cc([N+](=O)[O-])c3nonc23)c(C)c1. The van der Waals surface area contributed by atoms with Gasteiger partial charge in [-0.15, -0.1) is 0 Å². The van der Waals surface area contributed by atoms with Crippen molar-refractivity contribution < 1.29 is 14.5 Å². The Labute approximate surface area is 134 Å². The van der Waals surface area contributed by atoms with Gasteiger partial charge >= 0.3 is 11.4 Å². The van der Waals surface area contributed by atoms with Crippen LogP contribution in [-0.4, -0.2) is 20.2 Å². The zero-order chi connectivity index (χ0) is 17.4. The Morgan fingerprint density at radius 2 is 1.67 bits per heavy atom. The molecule has 0 bridgehead atoms. The van der Waals surface area contributed by atoms with E-state index in [1.54, 1.807) is 6.07 Å². The van der Waals surface area contributed by atoms with Crippen LogP contribution in [0.4, 0.5) is 22.7 Å². The van der Waals surface area contributed by atoms with Crippen molar-refractivity contribution in [3.63, 3.8) is 0 Å². The van der Waals surface area contributed by atoms with E-state index in [0.29, 0.717) is 5.69 Å². The number of hydrogen-bond donors (Lipinski definition) is 1. The van der Waals surface area contributed by atoms with E-state index in [1.807, 2.05) is 26.0 Å². The van der Waals surface area contributed by atoms with E-state index >= 15 is 0 Å². The van der Waals surface area contributed by atoms with E-state index in [9.17, 15) is 20.2 Å². The molecular formula is C14H11N5O5. The minimum absolute atomic E-state index is 0.00574. The average molecular weight is 329 g/mol. The van der Waals surface area contributed by atoms with Gasteiger partial charge in [0.25, 0.3) is 0 Å². The highest BCUT2D eigenvalue weighted by Gasteiger charge is 2.29. The predicted octanol–water partition coefficient (Wildman–Crippen LogP) is 3.40. The van der Waals surface area contributed by atoms with Gasteiger partial charge in [0.15, 0.2) is 5.52 Å². The molecule has 0 radical (unpaired) electrons. The van der Waals surface area contributed by atoms with Gasteiger partial charge in [0.1, 0.15) is 5.69 Å². The van der Waals surface area contributed by atoms with Crippen LogP contribution in [0.25, 0.3) is 11.0 Å². The normalized spacial score (nSPS) is 10.8.